The molecule has 0 atom stereocenters. The van der Waals surface area contributed by atoms with E-state index >= 15 is 0 Å². The Morgan fingerprint density at radius 2 is 1.72 bits per heavy atom. The van der Waals surface area contributed by atoms with Crippen LogP contribution in [0, 0.1) is 0 Å². The third-order valence-corrected chi connectivity index (χ3v) is 4.38. The summed E-state index contributed by atoms with van der Waals surface area (Å²) in [6.07, 6.45) is 6.67. The second kappa shape index (κ2) is 6.48. The molecule has 18 heavy (non-hydrogen) atoms. The highest BCUT2D eigenvalue weighted by Crippen LogP contribution is 2.21. The molecule has 2 saturated heterocycles. The van der Waals surface area contributed by atoms with Crippen molar-refractivity contribution in [3.8, 4) is 0 Å². The van der Waals surface area contributed by atoms with Crippen molar-refractivity contribution in [1.82, 2.24) is 9.80 Å². The van der Waals surface area contributed by atoms with Crippen LogP contribution in [0.1, 0.15) is 39.0 Å². The number of carbonyl (C=O) groups excluding carboxylic acids is 1. The third kappa shape index (κ3) is 3.66. The predicted octanol–water partition coefficient (Wildman–Crippen LogP) is 2.08. The first kappa shape index (κ1) is 13.8. The van der Waals surface area contributed by atoms with Gasteiger partial charge >= 0.3 is 0 Å². The lowest BCUT2D eigenvalue weighted by atomic mass is 9.99. The highest BCUT2D eigenvalue weighted by Gasteiger charge is 2.25. The van der Waals surface area contributed by atoms with Crippen molar-refractivity contribution < 1.29 is 4.79 Å². The zero-order valence-electron chi connectivity index (χ0n) is 11.7. The van der Waals surface area contributed by atoms with Crippen LogP contribution in [0.2, 0.25) is 0 Å². The molecule has 0 amide bonds. The molecule has 0 aromatic rings. The lowest BCUT2D eigenvalue weighted by molar-refractivity contribution is -0.113. The minimum Gasteiger partial charge on any atom is -0.300 e. The van der Waals surface area contributed by atoms with Gasteiger partial charge in [-0.2, -0.15) is 0 Å². The van der Waals surface area contributed by atoms with Crippen LogP contribution in [-0.2, 0) is 4.79 Å². The van der Waals surface area contributed by atoms with E-state index in [2.05, 4.69) is 16.4 Å². The molecule has 2 aliphatic heterocycles. The van der Waals surface area contributed by atoms with Crippen molar-refractivity contribution in [2.24, 2.45) is 0 Å². The highest BCUT2D eigenvalue weighted by molar-refractivity contribution is 5.92. The summed E-state index contributed by atoms with van der Waals surface area (Å²) < 4.78 is 0. The van der Waals surface area contributed by atoms with E-state index in [0.717, 1.165) is 31.2 Å². The summed E-state index contributed by atoms with van der Waals surface area (Å²) in [6.45, 7) is 11.1. The van der Waals surface area contributed by atoms with Crippen LogP contribution < -0.4 is 0 Å². The Bertz CT molecular complexity index is 300. The minimum absolute atomic E-state index is 0.133. The van der Waals surface area contributed by atoms with Crippen LogP contribution in [0.25, 0.3) is 0 Å². The first-order valence-electron chi connectivity index (χ1n) is 7.32. The zero-order chi connectivity index (χ0) is 13.0. The van der Waals surface area contributed by atoms with Crippen molar-refractivity contribution in [3.05, 3.63) is 12.2 Å². The number of hydrogen-bond donors (Lipinski definition) is 0. The van der Waals surface area contributed by atoms with E-state index in [4.69, 9.17) is 0 Å². The summed E-state index contributed by atoms with van der Waals surface area (Å²) in [7, 11) is 0. The van der Waals surface area contributed by atoms with Gasteiger partial charge < -0.3 is 4.90 Å². The summed E-state index contributed by atoms with van der Waals surface area (Å²) >= 11 is 0. The van der Waals surface area contributed by atoms with Gasteiger partial charge in [0.05, 0.1) is 0 Å². The Labute approximate surface area is 111 Å². The van der Waals surface area contributed by atoms with Crippen LogP contribution in [-0.4, -0.2) is 54.3 Å². The summed E-state index contributed by atoms with van der Waals surface area (Å²) in [6, 6.07) is 0.784. The Balaban J connectivity index is 1.73. The average molecular weight is 250 g/mol. The van der Waals surface area contributed by atoms with Gasteiger partial charge in [0.2, 0.25) is 0 Å². The molecule has 3 heteroatoms. The number of nitrogens with zero attached hydrogens (tertiary/aromatic N) is 2. The second-order valence-electron chi connectivity index (χ2n) is 5.76. The fraction of sp³-hybridized carbons (Fsp3) is 0.800. The van der Waals surface area contributed by atoms with Crippen molar-refractivity contribution in [2.45, 2.75) is 45.1 Å². The van der Waals surface area contributed by atoms with Crippen LogP contribution >= 0.6 is 0 Å². The standard InChI is InChI=1S/C15H26N2O/c1-13(14(2)18)12-16-10-6-15(7-11-16)17-8-4-3-5-9-17/h15H,1,3-12H2,2H3. The van der Waals surface area contributed by atoms with E-state index in [1.54, 1.807) is 6.92 Å². The normalized spacial score (nSPS) is 24.1. The smallest absolute Gasteiger partial charge is 0.156 e. The largest absolute Gasteiger partial charge is 0.300 e. The fourth-order valence-corrected chi connectivity index (χ4v) is 3.11. The molecule has 2 fully saturated rings. The van der Waals surface area contributed by atoms with Crippen LogP contribution in [0.5, 0.6) is 0 Å². The lowest BCUT2D eigenvalue weighted by Crippen LogP contribution is -2.47. The quantitative estimate of drug-likeness (QED) is 0.714. The topological polar surface area (TPSA) is 23.6 Å². The van der Waals surface area contributed by atoms with Crippen LogP contribution in [0.3, 0.4) is 0 Å². The van der Waals surface area contributed by atoms with Gasteiger partial charge in [0, 0.05) is 18.2 Å². The monoisotopic (exact) mass is 250 g/mol. The average Bonchev–Trinajstić information content (AvgIpc) is 2.40. The van der Waals surface area contributed by atoms with E-state index in [0.29, 0.717) is 0 Å². The Kier molecular flexibility index (Phi) is 4.95. The van der Waals surface area contributed by atoms with Gasteiger partial charge in [0.25, 0.3) is 0 Å². The van der Waals surface area contributed by atoms with Crippen molar-refractivity contribution in [1.29, 1.82) is 0 Å². The van der Waals surface area contributed by atoms with Gasteiger partial charge in [0.15, 0.2) is 5.78 Å². The third-order valence-electron chi connectivity index (χ3n) is 4.38. The Morgan fingerprint density at radius 1 is 1.11 bits per heavy atom. The molecule has 2 aliphatic rings. The van der Waals surface area contributed by atoms with Gasteiger partial charge in [-0.25, -0.2) is 0 Å². The molecule has 2 rings (SSSR count). The first-order valence-corrected chi connectivity index (χ1v) is 7.32. The molecule has 3 nitrogen and oxygen atoms in total. The van der Waals surface area contributed by atoms with Crippen LogP contribution in [0.4, 0.5) is 0 Å². The number of hydrogen-bond acceptors (Lipinski definition) is 3. The molecular formula is C15H26N2O. The zero-order valence-corrected chi connectivity index (χ0v) is 11.7. The number of Topliss-reactive ketones (excluding diaryl/α,β-unsaturated/α-hetero) is 1. The van der Waals surface area contributed by atoms with Gasteiger partial charge in [-0.05, 0) is 58.8 Å². The molecule has 0 N–H and O–H groups in total. The summed E-state index contributed by atoms with van der Waals surface area (Å²) in [5.41, 5.74) is 0.756. The van der Waals surface area contributed by atoms with E-state index in [1.807, 2.05) is 0 Å². The number of carbonyl (C=O) groups is 1. The molecule has 0 aromatic carbocycles. The number of likely N-dealkylation sites (tertiary alicyclic amines) is 2. The van der Waals surface area contributed by atoms with E-state index in [-0.39, 0.29) is 5.78 Å². The SMILES string of the molecule is C=C(CN1CCC(N2CCCCC2)CC1)C(C)=O. The maximum atomic E-state index is 11.2. The highest BCUT2D eigenvalue weighted by atomic mass is 16.1. The predicted molar refractivity (Wildman–Crippen MR) is 74.7 cm³/mol. The number of rotatable bonds is 4. The molecule has 0 aromatic heterocycles. The lowest BCUT2D eigenvalue weighted by Gasteiger charge is -2.40. The molecule has 0 radical (unpaired) electrons. The van der Waals surface area contributed by atoms with Crippen LogP contribution in [0.15, 0.2) is 12.2 Å². The molecule has 0 bridgehead atoms. The molecule has 102 valence electrons. The second-order valence-corrected chi connectivity index (χ2v) is 5.76. The Morgan fingerprint density at radius 3 is 2.28 bits per heavy atom. The molecule has 0 unspecified atom stereocenters. The Hall–Kier alpha value is -0.670. The van der Waals surface area contributed by atoms with Crippen molar-refractivity contribution in [3.63, 3.8) is 0 Å². The van der Waals surface area contributed by atoms with Crippen molar-refractivity contribution in [2.75, 3.05) is 32.7 Å². The maximum absolute atomic E-state index is 11.2. The molecular weight excluding hydrogens is 224 g/mol. The van der Waals surface area contributed by atoms with E-state index < -0.39 is 0 Å². The first-order chi connectivity index (χ1) is 8.66. The molecule has 0 aliphatic carbocycles. The summed E-state index contributed by atoms with van der Waals surface area (Å²) in [5, 5.41) is 0. The maximum Gasteiger partial charge on any atom is 0.156 e. The van der Waals surface area contributed by atoms with E-state index in [9.17, 15) is 4.79 Å². The van der Waals surface area contributed by atoms with Gasteiger partial charge in [-0.1, -0.05) is 13.0 Å². The van der Waals surface area contributed by atoms with Gasteiger partial charge in [-0.3, -0.25) is 9.69 Å². The number of piperidine rings is 2. The summed E-state index contributed by atoms with van der Waals surface area (Å²) in [4.78, 5) is 16.3. The molecule has 0 spiro atoms. The number of ketones is 1. The summed E-state index contributed by atoms with van der Waals surface area (Å²) in [5.74, 6) is 0.133. The van der Waals surface area contributed by atoms with Gasteiger partial charge in [-0.15, -0.1) is 0 Å². The van der Waals surface area contributed by atoms with Crippen molar-refractivity contribution >= 4 is 5.78 Å². The fourth-order valence-electron chi connectivity index (χ4n) is 3.11. The van der Waals surface area contributed by atoms with Gasteiger partial charge in [0.1, 0.15) is 0 Å². The molecule has 0 saturated carbocycles. The molecule has 2 heterocycles. The van der Waals surface area contributed by atoms with E-state index in [1.165, 1.54) is 45.2 Å². The minimum atomic E-state index is 0.133.